The highest BCUT2D eigenvalue weighted by Crippen LogP contribution is 2.15. The van der Waals surface area contributed by atoms with Crippen LogP contribution in [-0.4, -0.2) is 27.3 Å². The maximum absolute atomic E-state index is 13.2. The van der Waals surface area contributed by atoms with Gasteiger partial charge in [-0.1, -0.05) is 18.2 Å². The van der Waals surface area contributed by atoms with Gasteiger partial charge in [-0.15, -0.1) is 0 Å². The van der Waals surface area contributed by atoms with E-state index in [1.54, 1.807) is 24.3 Å². The minimum Gasteiger partial charge on any atom is -0.387 e. The molecule has 0 bridgehead atoms. The number of nitrogens with one attached hydrogen (secondary N) is 1. The van der Waals surface area contributed by atoms with Gasteiger partial charge < -0.3 is 10.4 Å². The first-order valence-corrected chi connectivity index (χ1v) is 7.80. The number of hydrogen-bond donors (Lipinski definition) is 2. The van der Waals surface area contributed by atoms with E-state index in [1.807, 2.05) is 0 Å². The summed E-state index contributed by atoms with van der Waals surface area (Å²) in [5.41, 5.74) is 0.415. The molecular weight excluding hydrogens is 344 g/mol. The Hall–Kier alpha value is -3.13. The monoisotopic (exact) mass is 359 g/mol. The second kappa shape index (κ2) is 7.40. The number of nitrogens with zero attached hydrogens (tertiary/aromatic N) is 2. The fourth-order valence-corrected chi connectivity index (χ4v) is 2.53. The topological polar surface area (TPSA) is 84.2 Å². The number of amides is 1. The SMILES string of the molecule is O=C(Cn1ncc(=O)c2ccccc21)NC[C@H](O)c1ccc(F)c(F)c1. The van der Waals surface area contributed by atoms with Gasteiger partial charge in [0.15, 0.2) is 11.6 Å². The molecule has 6 nitrogen and oxygen atoms in total. The van der Waals surface area contributed by atoms with E-state index < -0.39 is 23.6 Å². The normalized spacial score (nSPS) is 12.1. The smallest absolute Gasteiger partial charge is 0.241 e. The fourth-order valence-electron chi connectivity index (χ4n) is 2.53. The predicted octanol–water partition coefficient (Wildman–Crippen LogP) is 1.52. The molecule has 134 valence electrons. The van der Waals surface area contributed by atoms with Gasteiger partial charge in [0, 0.05) is 11.9 Å². The number of carbonyl (C=O) groups is 1. The Morgan fingerprint density at radius 2 is 1.96 bits per heavy atom. The third kappa shape index (κ3) is 3.75. The molecule has 2 aromatic carbocycles. The van der Waals surface area contributed by atoms with Crippen molar-refractivity contribution in [3.05, 3.63) is 76.1 Å². The van der Waals surface area contributed by atoms with E-state index in [1.165, 1.54) is 10.7 Å². The quantitative estimate of drug-likeness (QED) is 0.724. The summed E-state index contributed by atoms with van der Waals surface area (Å²) >= 11 is 0. The molecule has 8 heteroatoms. The second-order valence-electron chi connectivity index (χ2n) is 5.68. The lowest BCUT2D eigenvalue weighted by Crippen LogP contribution is -2.32. The van der Waals surface area contributed by atoms with E-state index >= 15 is 0 Å². The van der Waals surface area contributed by atoms with E-state index in [0.29, 0.717) is 10.9 Å². The maximum Gasteiger partial charge on any atom is 0.241 e. The number of hydrogen-bond acceptors (Lipinski definition) is 4. The highest BCUT2D eigenvalue weighted by atomic mass is 19.2. The average molecular weight is 359 g/mol. The lowest BCUT2D eigenvalue weighted by atomic mass is 10.1. The molecule has 0 spiro atoms. The predicted molar refractivity (Wildman–Crippen MR) is 90.3 cm³/mol. The van der Waals surface area contributed by atoms with Crippen LogP contribution in [0.2, 0.25) is 0 Å². The number of aliphatic hydroxyl groups excluding tert-OH is 1. The van der Waals surface area contributed by atoms with Crippen LogP contribution in [0.15, 0.2) is 53.5 Å². The molecule has 0 aliphatic heterocycles. The molecule has 0 unspecified atom stereocenters. The summed E-state index contributed by atoms with van der Waals surface area (Å²) in [6.45, 7) is -0.340. The van der Waals surface area contributed by atoms with Gasteiger partial charge in [-0.2, -0.15) is 5.10 Å². The van der Waals surface area contributed by atoms with Crippen molar-refractivity contribution in [2.45, 2.75) is 12.6 Å². The molecule has 1 amide bonds. The maximum atomic E-state index is 13.2. The van der Waals surface area contributed by atoms with Gasteiger partial charge in [-0.05, 0) is 29.8 Å². The number of rotatable bonds is 5. The van der Waals surface area contributed by atoms with Crippen LogP contribution < -0.4 is 10.7 Å². The zero-order chi connectivity index (χ0) is 18.7. The molecule has 26 heavy (non-hydrogen) atoms. The van der Waals surface area contributed by atoms with Crippen molar-refractivity contribution in [1.82, 2.24) is 15.1 Å². The molecule has 3 rings (SSSR count). The van der Waals surface area contributed by atoms with Crippen molar-refractivity contribution in [2.24, 2.45) is 0 Å². The summed E-state index contributed by atoms with van der Waals surface area (Å²) < 4.78 is 27.5. The van der Waals surface area contributed by atoms with Gasteiger partial charge in [0.1, 0.15) is 6.54 Å². The van der Waals surface area contributed by atoms with Crippen molar-refractivity contribution in [3.8, 4) is 0 Å². The minimum absolute atomic E-state index is 0.149. The van der Waals surface area contributed by atoms with Crippen LogP contribution >= 0.6 is 0 Å². The number of fused-ring (bicyclic) bond motifs is 1. The van der Waals surface area contributed by atoms with Gasteiger partial charge in [0.05, 0.1) is 17.8 Å². The number of halogens is 2. The standard InChI is InChI=1S/C18H15F2N3O3/c19-13-6-5-11(7-14(13)20)16(24)8-21-18(26)10-23-15-4-2-1-3-12(15)17(25)9-22-23/h1-7,9,16,24H,8,10H2,(H,21,26)/t16-/m0/s1. The summed E-state index contributed by atoms with van der Waals surface area (Å²) in [7, 11) is 0. The Labute approximate surface area is 146 Å². The van der Waals surface area contributed by atoms with Crippen LogP contribution in [0.4, 0.5) is 8.78 Å². The molecule has 2 N–H and O–H groups in total. The van der Waals surface area contributed by atoms with Gasteiger partial charge in [-0.3, -0.25) is 14.3 Å². The third-order valence-electron chi connectivity index (χ3n) is 3.88. The van der Waals surface area contributed by atoms with Crippen molar-refractivity contribution in [2.75, 3.05) is 6.54 Å². The van der Waals surface area contributed by atoms with E-state index in [0.717, 1.165) is 18.3 Å². The molecule has 0 radical (unpaired) electrons. The molecule has 1 heterocycles. The van der Waals surface area contributed by atoms with E-state index in [-0.39, 0.29) is 24.1 Å². The molecular formula is C18H15F2N3O3. The van der Waals surface area contributed by atoms with E-state index in [2.05, 4.69) is 10.4 Å². The van der Waals surface area contributed by atoms with Crippen LogP contribution in [0.5, 0.6) is 0 Å². The van der Waals surface area contributed by atoms with Gasteiger partial charge in [0.2, 0.25) is 11.3 Å². The van der Waals surface area contributed by atoms with E-state index in [4.69, 9.17) is 0 Å². The van der Waals surface area contributed by atoms with Gasteiger partial charge in [0.25, 0.3) is 0 Å². The number of aliphatic hydroxyl groups is 1. The summed E-state index contributed by atoms with van der Waals surface area (Å²) in [4.78, 5) is 23.9. The Balaban J connectivity index is 1.67. The van der Waals surface area contributed by atoms with Crippen LogP contribution in [-0.2, 0) is 11.3 Å². The Kier molecular flexibility index (Phi) is 5.04. The second-order valence-corrected chi connectivity index (χ2v) is 5.68. The Bertz CT molecular complexity index is 1020. The van der Waals surface area contributed by atoms with Crippen molar-refractivity contribution in [1.29, 1.82) is 0 Å². The molecule has 0 saturated carbocycles. The number of benzene rings is 2. The zero-order valence-corrected chi connectivity index (χ0v) is 13.5. The zero-order valence-electron chi connectivity index (χ0n) is 13.5. The highest BCUT2D eigenvalue weighted by molar-refractivity contribution is 5.81. The third-order valence-corrected chi connectivity index (χ3v) is 3.88. The number of para-hydroxylation sites is 1. The molecule has 0 fully saturated rings. The summed E-state index contributed by atoms with van der Waals surface area (Å²) in [6, 6.07) is 9.78. The average Bonchev–Trinajstić information content (AvgIpc) is 2.64. The summed E-state index contributed by atoms with van der Waals surface area (Å²) in [5.74, 6) is -2.54. The minimum atomic E-state index is -1.19. The first-order chi connectivity index (χ1) is 12.5. The molecule has 1 aromatic heterocycles. The summed E-state index contributed by atoms with van der Waals surface area (Å²) in [6.07, 6.45) is -0.0565. The lowest BCUT2D eigenvalue weighted by Gasteiger charge is -2.14. The lowest BCUT2D eigenvalue weighted by molar-refractivity contribution is -0.122. The van der Waals surface area contributed by atoms with Gasteiger partial charge >= 0.3 is 0 Å². The van der Waals surface area contributed by atoms with Crippen LogP contribution in [0.3, 0.4) is 0 Å². The molecule has 0 aliphatic rings. The highest BCUT2D eigenvalue weighted by Gasteiger charge is 2.13. The van der Waals surface area contributed by atoms with Gasteiger partial charge in [-0.25, -0.2) is 8.78 Å². The van der Waals surface area contributed by atoms with Crippen molar-refractivity contribution in [3.63, 3.8) is 0 Å². The Morgan fingerprint density at radius 1 is 1.19 bits per heavy atom. The molecule has 1 atom stereocenters. The number of carbonyl (C=O) groups excluding carboxylic acids is 1. The first-order valence-electron chi connectivity index (χ1n) is 7.80. The van der Waals surface area contributed by atoms with Crippen LogP contribution in [0, 0.1) is 11.6 Å². The molecule has 0 saturated heterocycles. The van der Waals surface area contributed by atoms with Crippen molar-refractivity contribution >= 4 is 16.8 Å². The van der Waals surface area contributed by atoms with E-state index in [9.17, 15) is 23.5 Å². The largest absolute Gasteiger partial charge is 0.387 e. The molecule has 0 aliphatic carbocycles. The van der Waals surface area contributed by atoms with Crippen LogP contribution in [0.1, 0.15) is 11.7 Å². The Morgan fingerprint density at radius 3 is 2.73 bits per heavy atom. The first kappa shape index (κ1) is 17.7. The fraction of sp³-hybridized carbons (Fsp3) is 0.167. The van der Waals surface area contributed by atoms with Crippen molar-refractivity contribution < 1.29 is 18.7 Å². The number of aromatic nitrogens is 2. The summed E-state index contributed by atoms with van der Waals surface area (Å²) in [5, 5.41) is 16.9. The van der Waals surface area contributed by atoms with Crippen LogP contribution in [0.25, 0.3) is 10.9 Å². The molecule has 3 aromatic rings.